The number of ether oxygens (including phenoxy) is 1. The zero-order valence-electron chi connectivity index (χ0n) is 20.7. The van der Waals surface area contributed by atoms with Gasteiger partial charge < -0.3 is 19.5 Å². The molecule has 0 unspecified atom stereocenters. The largest absolute Gasteiger partial charge is 0.491 e. The van der Waals surface area contributed by atoms with Gasteiger partial charge in [-0.2, -0.15) is 0 Å². The molecule has 1 amide bonds. The fraction of sp³-hybridized carbons (Fsp3) is 0.241. The molecule has 4 aromatic rings. The molecule has 1 aliphatic rings. The second-order valence-electron chi connectivity index (χ2n) is 9.14. The van der Waals surface area contributed by atoms with E-state index >= 15 is 0 Å². The van der Waals surface area contributed by atoms with Gasteiger partial charge in [-0.3, -0.25) is 14.5 Å². The van der Waals surface area contributed by atoms with Gasteiger partial charge in [-0.05, 0) is 35.7 Å². The summed E-state index contributed by atoms with van der Waals surface area (Å²) in [4.78, 5) is 30.1. The number of aromatic nitrogens is 1. The molecule has 0 aliphatic carbocycles. The first-order valence-electron chi connectivity index (χ1n) is 12.3. The number of hydrogen-bond donors (Lipinski definition) is 1. The first-order valence-corrected chi connectivity index (χ1v) is 12.3. The number of fused-ring (bicyclic) bond motifs is 1. The second kappa shape index (κ2) is 10.8. The van der Waals surface area contributed by atoms with Crippen LogP contribution in [0, 0.1) is 5.82 Å². The zero-order chi connectivity index (χ0) is 25.8. The van der Waals surface area contributed by atoms with Crippen LogP contribution < -0.4 is 20.4 Å². The minimum atomic E-state index is -0.246. The van der Waals surface area contributed by atoms with Crippen LogP contribution in [0.5, 0.6) is 5.75 Å². The molecule has 37 heavy (non-hydrogen) atoms. The second-order valence-corrected chi connectivity index (χ2v) is 9.14. The smallest absolute Gasteiger partial charge is 0.244 e. The van der Waals surface area contributed by atoms with Crippen LogP contribution in [0.4, 0.5) is 15.8 Å². The maximum absolute atomic E-state index is 13.3. The number of pyridine rings is 1. The molecule has 1 N–H and O–H groups in total. The standard InChI is InChI=1S/C29H29FN4O3/c1-37-28-19-34(20-29(36)31-26-8-4-6-21-5-2-3-7-25(21)26)24(17-27(28)35)18-32-13-15-33(16-14-32)23-11-9-22(30)10-12-23/h2-12,17,19H,13-16,18,20H2,1H3,(H,31,36). The number of carbonyl (C=O) groups is 1. The lowest BCUT2D eigenvalue weighted by atomic mass is 10.1. The van der Waals surface area contributed by atoms with Crippen LogP contribution >= 0.6 is 0 Å². The molecule has 7 nitrogen and oxygen atoms in total. The number of nitrogens with zero attached hydrogens (tertiary/aromatic N) is 3. The summed E-state index contributed by atoms with van der Waals surface area (Å²) in [6.45, 7) is 3.70. The van der Waals surface area contributed by atoms with Crippen molar-refractivity contribution < 1.29 is 13.9 Å². The molecule has 3 aromatic carbocycles. The Balaban J connectivity index is 1.30. The van der Waals surface area contributed by atoms with E-state index in [2.05, 4.69) is 15.1 Å². The van der Waals surface area contributed by atoms with Crippen molar-refractivity contribution in [3.05, 3.63) is 101 Å². The topological polar surface area (TPSA) is 66.8 Å². The summed E-state index contributed by atoms with van der Waals surface area (Å²) in [5, 5.41) is 5.03. The number of methoxy groups -OCH3 is 1. The van der Waals surface area contributed by atoms with Crippen LogP contribution in [-0.4, -0.2) is 48.7 Å². The minimum absolute atomic E-state index is 0.0464. The molecule has 190 valence electrons. The number of anilines is 2. The molecule has 0 spiro atoms. The Kier molecular flexibility index (Phi) is 7.18. The molecule has 5 rings (SSSR count). The van der Waals surface area contributed by atoms with Crippen molar-refractivity contribution in [3.63, 3.8) is 0 Å². The monoisotopic (exact) mass is 500 g/mol. The summed E-state index contributed by atoms with van der Waals surface area (Å²) in [6.07, 6.45) is 1.61. The molecule has 0 saturated carbocycles. The quantitative estimate of drug-likeness (QED) is 0.414. The predicted molar refractivity (Wildman–Crippen MR) is 144 cm³/mol. The number of benzene rings is 3. The molecule has 0 bridgehead atoms. The number of nitrogens with one attached hydrogen (secondary N) is 1. The Labute approximate surface area is 214 Å². The number of amides is 1. The van der Waals surface area contributed by atoms with Gasteiger partial charge in [0.15, 0.2) is 5.75 Å². The molecular formula is C29H29FN4O3. The molecule has 1 saturated heterocycles. The third-order valence-corrected chi connectivity index (χ3v) is 6.73. The molecule has 8 heteroatoms. The van der Waals surface area contributed by atoms with E-state index in [0.29, 0.717) is 6.54 Å². The van der Waals surface area contributed by atoms with Crippen molar-refractivity contribution in [2.45, 2.75) is 13.1 Å². The average molecular weight is 501 g/mol. The van der Waals surface area contributed by atoms with Gasteiger partial charge in [0, 0.05) is 61.2 Å². The normalized spacial score (nSPS) is 14.1. The molecule has 0 atom stereocenters. The molecule has 2 heterocycles. The Morgan fingerprint density at radius 1 is 0.973 bits per heavy atom. The van der Waals surface area contributed by atoms with E-state index in [1.54, 1.807) is 29.0 Å². The fourth-order valence-corrected chi connectivity index (χ4v) is 4.75. The number of halogens is 1. The predicted octanol–water partition coefficient (Wildman–Crippen LogP) is 4.11. The maximum Gasteiger partial charge on any atom is 0.244 e. The van der Waals surface area contributed by atoms with E-state index in [1.807, 2.05) is 42.5 Å². The van der Waals surface area contributed by atoms with Gasteiger partial charge in [0.1, 0.15) is 12.4 Å². The van der Waals surface area contributed by atoms with E-state index in [-0.39, 0.29) is 29.4 Å². The molecule has 1 fully saturated rings. The van der Waals surface area contributed by atoms with Crippen LogP contribution in [-0.2, 0) is 17.9 Å². The van der Waals surface area contributed by atoms with Crippen LogP contribution in [0.15, 0.2) is 83.8 Å². The lowest BCUT2D eigenvalue weighted by Gasteiger charge is -2.36. The van der Waals surface area contributed by atoms with Crippen molar-refractivity contribution in [3.8, 4) is 5.75 Å². The summed E-state index contributed by atoms with van der Waals surface area (Å²) in [6, 6.07) is 21.8. The van der Waals surface area contributed by atoms with E-state index in [9.17, 15) is 14.0 Å². The van der Waals surface area contributed by atoms with Gasteiger partial charge in [0.05, 0.1) is 13.3 Å². The average Bonchev–Trinajstić information content (AvgIpc) is 2.91. The highest BCUT2D eigenvalue weighted by atomic mass is 19.1. The fourth-order valence-electron chi connectivity index (χ4n) is 4.75. The summed E-state index contributed by atoms with van der Waals surface area (Å²) in [5.41, 5.74) is 2.27. The lowest BCUT2D eigenvalue weighted by Crippen LogP contribution is -2.46. The third-order valence-electron chi connectivity index (χ3n) is 6.73. The third kappa shape index (κ3) is 5.65. The van der Waals surface area contributed by atoms with Crippen molar-refractivity contribution in [2.24, 2.45) is 0 Å². The molecule has 1 aliphatic heterocycles. The summed E-state index contributed by atoms with van der Waals surface area (Å²) >= 11 is 0. The van der Waals surface area contributed by atoms with Crippen molar-refractivity contribution in [1.29, 1.82) is 0 Å². The Bertz CT molecular complexity index is 1460. The van der Waals surface area contributed by atoms with Crippen LogP contribution in [0.2, 0.25) is 0 Å². The van der Waals surface area contributed by atoms with Crippen LogP contribution in [0.25, 0.3) is 10.8 Å². The van der Waals surface area contributed by atoms with Gasteiger partial charge in [-0.25, -0.2) is 4.39 Å². The molecule has 1 aromatic heterocycles. The minimum Gasteiger partial charge on any atom is -0.491 e. The van der Waals surface area contributed by atoms with Crippen molar-refractivity contribution >= 4 is 28.1 Å². The Morgan fingerprint density at radius 2 is 1.70 bits per heavy atom. The zero-order valence-corrected chi connectivity index (χ0v) is 20.7. The van der Waals surface area contributed by atoms with E-state index in [0.717, 1.165) is 54.0 Å². The summed E-state index contributed by atoms with van der Waals surface area (Å²) in [5.74, 6) is -0.239. The van der Waals surface area contributed by atoms with Crippen LogP contribution in [0.1, 0.15) is 5.69 Å². The highest BCUT2D eigenvalue weighted by molar-refractivity contribution is 6.02. The SMILES string of the molecule is COc1cn(CC(=O)Nc2cccc3ccccc23)c(CN2CCN(c3ccc(F)cc3)CC2)cc1=O. The molecule has 0 radical (unpaired) electrons. The number of rotatable bonds is 7. The Hall–Kier alpha value is -4.17. The van der Waals surface area contributed by atoms with Gasteiger partial charge in [-0.1, -0.05) is 36.4 Å². The van der Waals surface area contributed by atoms with Crippen molar-refractivity contribution in [2.75, 3.05) is 43.5 Å². The first-order chi connectivity index (χ1) is 18.0. The number of hydrogen-bond acceptors (Lipinski definition) is 5. The highest BCUT2D eigenvalue weighted by Gasteiger charge is 2.20. The number of piperazine rings is 1. The van der Waals surface area contributed by atoms with Gasteiger partial charge >= 0.3 is 0 Å². The van der Waals surface area contributed by atoms with Crippen molar-refractivity contribution in [1.82, 2.24) is 9.47 Å². The maximum atomic E-state index is 13.3. The Morgan fingerprint density at radius 3 is 2.46 bits per heavy atom. The number of carbonyl (C=O) groups excluding carboxylic acids is 1. The summed E-state index contributed by atoms with van der Waals surface area (Å²) < 4.78 is 20.3. The van der Waals surface area contributed by atoms with E-state index in [1.165, 1.54) is 19.2 Å². The highest BCUT2D eigenvalue weighted by Crippen LogP contribution is 2.23. The lowest BCUT2D eigenvalue weighted by molar-refractivity contribution is -0.116. The van der Waals surface area contributed by atoms with E-state index in [4.69, 9.17) is 4.74 Å². The van der Waals surface area contributed by atoms with Gasteiger partial charge in [-0.15, -0.1) is 0 Å². The van der Waals surface area contributed by atoms with Gasteiger partial charge in [0.25, 0.3) is 0 Å². The van der Waals surface area contributed by atoms with Gasteiger partial charge in [0.2, 0.25) is 11.3 Å². The van der Waals surface area contributed by atoms with E-state index < -0.39 is 0 Å². The molecular weight excluding hydrogens is 471 g/mol. The van der Waals surface area contributed by atoms with Crippen LogP contribution in [0.3, 0.4) is 0 Å². The first kappa shape index (κ1) is 24.5. The summed E-state index contributed by atoms with van der Waals surface area (Å²) in [7, 11) is 1.45.